The molecule has 1 aromatic carbocycles. The van der Waals surface area contributed by atoms with E-state index in [9.17, 15) is 23.7 Å². The molecule has 104 valence electrons. The monoisotopic (exact) mass is 339 g/mol. The summed E-state index contributed by atoms with van der Waals surface area (Å²) < 4.78 is 32.9. The fourth-order valence-corrected chi connectivity index (χ4v) is 1.82. The second kappa shape index (κ2) is 6.41. The van der Waals surface area contributed by atoms with Crippen LogP contribution >= 0.6 is 15.9 Å². The number of ether oxygens (including phenoxy) is 2. The van der Waals surface area contributed by atoms with E-state index in [0.29, 0.717) is 0 Å². The molecule has 0 saturated carbocycles. The first-order chi connectivity index (χ1) is 8.90. The van der Waals surface area contributed by atoms with Gasteiger partial charge >= 0.3 is 18.3 Å². The van der Waals surface area contributed by atoms with E-state index in [1.54, 1.807) is 0 Å². The summed E-state index contributed by atoms with van der Waals surface area (Å²) in [6.07, 6.45) is 0. The van der Waals surface area contributed by atoms with E-state index in [-0.39, 0.29) is 16.5 Å². The second-order valence-corrected chi connectivity index (χ2v) is 3.80. The highest BCUT2D eigenvalue weighted by Gasteiger charge is 2.24. The number of alkyl halides is 3. The van der Waals surface area contributed by atoms with Crippen molar-refractivity contribution in [3.05, 3.63) is 33.4 Å². The van der Waals surface area contributed by atoms with Crippen molar-refractivity contribution < 1.29 is 28.0 Å². The maximum atomic E-state index is 12.2. The molecule has 0 aromatic heterocycles. The number of halogens is 3. The number of rotatable bonds is 5. The van der Waals surface area contributed by atoms with Crippen LogP contribution in [0.2, 0.25) is 0 Å². The standard InChI is InChI=1S/C10H8BrF2NO5/c1-18-9(15)6-3-8(19-10(12)13)7(14(16)17)2-5(6)4-11/h2-3,10H,4H2,1H3. The average molecular weight is 340 g/mol. The number of nitrogens with zero attached hydrogens (tertiary/aromatic N) is 1. The number of esters is 1. The van der Waals surface area contributed by atoms with Gasteiger partial charge in [-0.2, -0.15) is 8.78 Å². The summed E-state index contributed by atoms with van der Waals surface area (Å²) in [6.45, 7) is -3.24. The molecule has 0 atom stereocenters. The molecule has 0 amide bonds. The van der Waals surface area contributed by atoms with Crippen LogP contribution in [-0.4, -0.2) is 24.6 Å². The Labute approximate surface area is 114 Å². The smallest absolute Gasteiger partial charge is 0.387 e. The Hall–Kier alpha value is -1.77. The maximum Gasteiger partial charge on any atom is 0.387 e. The van der Waals surface area contributed by atoms with Gasteiger partial charge in [0.1, 0.15) is 0 Å². The van der Waals surface area contributed by atoms with Crippen LogP contribution in [0.25, 0.3) is 0 Å². The molecule has 1 aromatic rings. The molecule has 0 spiro atoms. The fourth-order valence-electron chi connectivity index (χ4n) is 1.36. The van der Waals surface area contributed by atoms with Crippen LogP contribution in [0.5, 0.6) is 5.75 Å². The molecule has 0 heterocycles. The first-order valence-corrected chi connectivity index (χ1v) is 5.93. The highest BCUT2D eigenvalue weighted by atomic mass is 79.9. The van der Waals surface area contributed by atoms with Gasteiger partial charge in [0, 0.05) is 17.5 Å². The zero-order valence-electron chi connectivity index (χ0n) is 9.56. The first-order valence-electron chi connectivity index (χ1n) is 4.81. The van der Waals surface area contributed by atoms with Gasteiger partial charge < -0.3 is 9.47 Å². The predicted molar refractivity (Wildman–Crippen MR) is 63.7 cm³/mol. The topological polar surface area (TPSA) is 78.7 Å². The molecule has 0 aliphatic carbocycles. The highest BCUT2D eigenvalue weighted by molar-refractivity contribution is 9.08. The van der Waals surface area contributed by atoms with E-state index in [1.807, 2.05) is 0 Å². The summed E-state index contributed by atoms with van der Waals surface area (Å²) >= 11 is 3.05. The zero-order valence-corrected chi connectivity index (χ0v) is 11.1. The fraction of sp³-hybridized carbons (Fsp3) is 0.300. The Balaban J connectivity index is 3.42. The molecule has 0 N–H and O–H groups in total. The van der Waals surface area contributed by atoms with Crippen LogP contribution in [0, 0.1) is 10.1 Å². The normalized spacial score (nSPS) is 10.4. The van der Waals surface area contributed by atoms with E-state index in [2.05, 4.69) is 25.4 Å². The van der Waals surface area contributed by atoms with Crippen LogP contribution in [0.4, 0.5) is 14.5 Å². The van der Waals surface area contributed by atoms with Crippen molar-refractivity contribution in [3.8, 4) is 5.75 Å². The third-order valence-electron chi connectivity index (χ3n) is 2.15. The molecule has 0 radical (unpaired) electrons. The van der Waals surface area contributed by atoms with Crippen molar-refractivity contribution in [2.75, 3.05) is 7.11 Å². The van der Waals surface area contributed by atoms with Crippen molar-refractivity contribution in [1.29, 1.82) is 0 Å². The summed E-state index contributed by atoms with van der Waals surface area (Å²) in [5.74, 6) is -1.49. The van der Waals surface area contributed by atoms with Crippen molar-refractivity contribution >= 4 is 27.6 Å². The number of nitro benzene ring substituents is 1. The molecular weight excluding hydrogens is 332 g/mol. The van der Waals surface area contributed by atoms with Gasteiger partial charge in [0.05, 0.1) is 17.6 Å². The van der Waals surface area contributed by atoms with Gasteiger partial charge in [-0.15, -0.1) is 0 Å². The molecule has 0 unspecified atom stereocenters. The SMILES string of the molecule is COC(=O)c1cc(OC(F)F)c([N+](=O)[O-])cc1CBr. The Kier molecular flexibility index (Phi) is 5.16. The molecule has 0 bridgehead atoms. The third kappa shape index (κ3) is 3.60. The second-order valence-electron chi connectivity index (χ2n) is 3.24. The summed E-state index contributed by atoms with van der Waals surface area (Å²) in [7, 11) is 1.11. The van der Waals surface area contributed by atoms with Crippen LogP contribution in [0.3, 0.4) is 0 Å². The summed E-state index contributed by atoms with van der Waals surface area (Å²) in [5, 5.41) is 10.9. The number of nitro groups is 1. The van der Waals surface area contributed by atoms with E-state index in [4.69, 9.17) is 0 Å². The molecule has 6 nitrogen and oxygen atoms in total. The number of methoxy groups -OCH3 is 1. The van der Waals surface area contributed by atoms with E-state index >= 15 is 0 Å². The quantitative estimate of drug-likeness (QED) is 0.356. The van der Waals surface area contributed by atoms with Crippen molar-refractivity contribution in [2.24, 2.45) is 0 Å². The van der Waals surface area contributed by atoms with E-state index in [0.717, 1.165) is 19.2 Å². The first kappa shape index (κ1) is 15.3. The molecule has 0 aliphatic heterocycles. The lowest BCUT2D eigenvalue weighted by atomic mass is 10.1. The minimum Gasteiger partial charge on any atom is -0.465 e. The van der Waals surface area contributed by atoms with Crippen LogP contribution in [0.15, 0.2) is 12.1 Å². The Morgan fingerprint density at radius 1 is 1.53 bits per heavy atom. The zero-order chi connectivity index (χ0) is 14.6. The Bertz CT molecular complexity index is 509. The molecule has 0 fully saturated rings. The van der Waals surface area contributed by atoms with Gasteiger partial charge in [-0.3, -0.25) is 10.1 Å². The van der Waals surface area contributed by atoms with Crippen LogP contribution in [0.1, 0.15) is 15.9 Å². The van der Waals surface area contributed by atoms with Gasteiger partial charge in [0.2, 0.25) is 5.75 Å². The predicted octanol–water partition coefficient (Wildman–Crippen LogP) is 2.88. The molecule has 1 rings (SSSR count). The van der Waals surface area contributed by atoms with Crippen LogP contribution < -0.4 is 4.74 Å². The number of hydrogen-bond donors (Lipinski definition) is 0. The number of carbonyl (C=O) groups is 1. The van der Waals surface area contributed by atoms with Gasteiger partial charge in [0.15, 0.2) is 0 Å². The Morgan fingerprint density at radius 3 is 2.58 bits per heavy atom. The molecule has 9 heteroatoms. The molecule has 19 heavy (non-hydrogen) atoms. The number of carbonyl (C=O) groups excluding carboxylic acids is 1. The van der Waals surface area contributed by atoms with Crippen LogP contribution in [-0.2, 0) is 10.1 Å². The third-order valence-corrected chi connectivity index (χ3v) is 2.75. The molecule has 0 saturated heterocycles. The van der Waals surface area contributed by atoms with Gasteiger partial charge in [-0.25, -0.2) is 4.79 Å². The lowest BCUT2D eigenvalue weighted by Gasteiger charge is -2.10. The number of benzene rings is 1. The minimum absolute atomic E-state index is 0.0828. The van der Waals surface area contributed by atoms with Gasteiger partial charge in [-0.05, 0) is 5.56 Å². The highest BCUT2D eigenvalue weighted by Crippen LogP contribution is 2.33. The molecule has 0 aliphatic rings. The maximum absolute atomic E-state index is 12.2. The van der Waals surface area contributed by atoms with Crippen molar-refractivity contribution in [2.45, 2.75) is 11.9 Å². The average Bonchev–Trinajstić information content (AvgIpc) is 2.36. The van der Waals surface area contributed by atoms with Gasteiger partial charge in [0.25, 0.3) is 0 Å². The summed E-state index contributed by atoms with van der Waals surface area (Å²) in [5.41, 5.74) is -0.497. The minimum atomic E-state index is -3.24. The lowest BCUT2D eigenvalue weighted by molar-refractivity contribution is -0.386. The summed E-state index contributed by atoms with van der Waals surface area (Å²) in [6, 6.07) is 1.85. The van der Waals surface area contributed by atoms with E-state index in [1.165, 1.54) is 0 Å². The largest absolute Gasteiger partial charge is 0.465 e. The number of hydrogen-bond acceptors (Lipinski definition) is 5. The van der Waals surface area contributed by atoms with E-state index < -0.39 is 28.9 Å². The van der Waals surface area contributed by atoms with Gasteiger partial charge in [-0.1, -0.05) is 15.9 Å². The lowest BCUT2D eigenvalue weighted by Crippen LogP contribution is -2.10. The Morgan fingerprint density at radius 2 is 2.16 bits per heavy atom. The van der Waals surface area contributed by atoms with Crippen molar-refractivity contribution in [1.82, 2.24) is 0 Å². The molecular formula is C10H8BrF2NO5. The van der Waals surface area contributed by atoms with Crippen molar-refractivity contribution in [3.63, 3.8) is 0 Å². The summed E-state index contributed by atoms with van der Waals surface area (Å²) in [4.78, 5) is 21.4.